The van der Waals surface area contributed by atoms with E-state index in [1.807, 2.05) is 11.8 Å². The molecule has 0 unspecified atom stereocenters. The summed E-state index contributed by atoms with van der Waals surface area (Å²) in [5.74, 6) is 0.983. The number of rotatable bonds is 3. The second kappa shape index (κ2) is 6.79. The van der Waals surface area contributed by atoms with E-state index in [1.165, 1.54) is 0 Å². The van der Waals surface area contributed by atoms with Crippen LogP contribution in [-0.4, -0.2) is 71.0 Å². The maximum Gasteiger partial charge on any atom is 0.239 e. The molecule has 0 bridgehead atoms. The first-order valence-corrected chi connectivity index (χ1v) is 8.28. The molecule has 120 valence electrons. The van der Waals surface area contributed by atoms with Gasteiger partial charge in [0.2, 0.25) is 11.9 Å². The van der Waals surface area contributed by atoms with Gasteiger partial charge < -0.3 is 9.80 Å². The fourth-order valence-electron chi connectivity index (χ4n) is 3.14. The molecule has 0 aromatic carbocycles. The van der Waals surface area contributed by atoms with Crippen molar-refractivity contribution in [3.8, 4) is 0 Å². The Hall–Kier alpha value is -1.40. The molecule has 6 nitrogen and oxygen atoms in total. The minimum atomic E-state index is -0.0358. The number of piperazine rings is 1. The first-order chi connectivity index (χ1) is 10.6. The number of nitrogens with zero attached hydrogens (tertiary/aromatic N) is 5. The number of hydrogen-bond acceptors (Lipinski definition) is 5. The van der Waals surface area contributed by atoms with Crippen LogP contribution in [0.25, 0.3) is 0 Å². The Morgan fingerprint density at radius 1 is 1.09 bits per heavy atom. The highest BCUT2D eigenvalue weighted by Gasteiger charge is 2.30. The molecule has 7 heteroatoms. The van der Waals surface area contributed by atoms with E-state index in [0.717, 1.165) is 52.1 Å². The van der Waals surface area contributed by atoms with Gasteiger partial charge >= 0.3 is 0 Å². The zero-order chi connectivity index (χ0) is 15.5. The molecule has 3 heterocycles. The van der Waals surface area contributed by atoms with Gasteiger partial charge in [-0.15, -0.1) is 0 Å². The maximum atomic E-state index is 12.5. The van der Waals surface area contributed by atoms with Crippen molar-refractivity contribution in [3.05, 3.63) is 17.4 Å². The molecular formula is C15H22ClN5O. The third kappa shape index (κ3) is 3.33. The smallest absolute Gasteiger partial charge is 0.239 e. The van der Waals surface area contributed by atoms with Crippen LogP contribution in [0.2, 0.25) is 5.02 Å². The van der Waals surface area contributed by atoms with E-state index in [4.69, 9.17) is 11.6 Å². The summed E-state index contributed by atoms with van der Waals surface area (Å²) in [6.45, 7) is 7.23. The molecule has 0 spiro atoms. The highest BCUT2D eigenvalue weighted by Crippen LogP contribution is 2.16. The molecule has 0 saturated carbocycles. The van der Waals surface area contributed by atoms with E-state index < -0.39 is 0 Å². The molecule has 2 aliphatic heterocycles. The maximum absolute atomic E-state index is 12.5. The standard InChI is InChI=1S/C15H22ClN5O/c1-12(14(22)20-4-2-3-5-20)19-6-8-21(9-7-19)15-17-10-13(16)11-18-15/h10-12H,2-9H2,1H3/t12-/m1/s1. The molecular weight excluding hydrogens is 302 g/mol. The van der Waals surface area contributed by atoms with E-state index >= 15 is 0 Å². The molecule has 22 heavy (non-hydrogen) atoms. The van der Waals surface area contributed by atoms with Gasteiger partial charge in [0.05, 0.1) is 23.5 Å². The summed E-state index contributed by atoms with van der Waals surface area (Å²) in [7, 11) is 0. The lowest BCUT2D eigenvalue weighted by atomic mass is 10.2. The Labute approximate surface area is 136 Å². The Balaban J connectivity index is 1.54. The van der Waals surface area contributed by atoms with Crippen LogP contribution in [0, 0.1) is 0 Å². The van der Waals surface area contributed by atoms with E-state index in [1.54, 1.807) is 12.4 Å². The van der Waals surface area contributed by atoms with Gasteiger partial charge in [-0.25, -0.2) is 9.97 Å². The van der Waals surface area contributed by atoms with Gasteiger partial charge in [-0.05, 0) is 19.8 Å². The lowest BCUT2D eigenvalue weighted by Crippen LogP contribution is -2.54. The summed E-state index contributed by atoms with van der Waals surface area (Å²) in [6, 6.07) is -0.0358. The summed E-state index contributed by atoms with van der Waals surface area (Å²) >= 11 is 5.82. The number of likely N-dealkylation sites (tertiary alicyclic amines) is 1. The van der Waals surface area contributed by atoms with Gasteiger partial charge in [-0.1, -0.05) is 11.6 Å². The molecule has 1 atom stereocenters. The quantitative estimate of drug-likeness (QED) is 0.838. The van der Waals surface area contributed by atoms with E-state index in [0.29, 0.717) is 11.0 Å². The number of halogens is 1. The van der Waals surface area contributed by atoms with Gasteiger partial charge in [0.1, 0.15) is 0 Å². The number of carbonyl (C=O) groups is 1. The van der Waals surface area contributed by atoms with E-state index in [-0.39, 0.29) is 11.9 Å². The molecule has 0 N–H and O–H groups in total. The fraction of sp³-hybridized carbons (Fsp3) is 0.667. The van der Waals surface area contributed by atoms with Crippen molar-refractivity contribution in [2.75, 3.05) is 44.2 Å². The van der Waals surface area contributed by atoms with Gasteiger partial charge in [0.15, 0.2) is 0 Å². The molecule has 1 aromatic heterocycles. The Bertz CT molecular complexity index is 509. The summed E-state index contributed by atoms with van der Waals surface area (Å²) < 4.78 is 0. The zero-order valence-electron chi connectivity index (χ0n) is 12.9. The van der Waals surface area contributed by atoms with Crippen molar-refractivity contribution in [2.24, 2.45) is 0 Å². The zero-order valence-corrected chi connectivity index (χ0v) is 13.7. The Morgan fingerprint density at radius 3 is 2.27 bits per heavy atom. The molecule has 0 aliphatic carbocycles. The highest BCUT2D eigenvalue weighted by atomic mass is 35.5. The van der Waals surface area contributed by atoms with Crippen LogP contribution in [0.3, 0.4) is 0 Å². The van der Waals surface area contributed by atoms with E-state index in [9.17, 15) is 4.79 Å². The van der Waals surface area contributed by atoms with Crippen molar-refractivity contribution in [2.45, 2.75) is 25.8 Å². The highest BCUT2D eigenvalue weighted by molar-refractivity contribution is 6.30. The third-order valence-corrected chi connectivity index (χ3v) is 4.72. The number of carbonyl (C=O) groups excluding carboxylic acids is 1. The normalized spacial score (nSPS) is 21.2. The number of amides is 1. The minimum absolute atomic E-state index is 0.0358. The first kappa shape index (κ1) is 15.5. The summed E-state index contributed by atoms with van der Waals surface area (Å²) in [4.78, 5) is 27.4. The summed E-state index contributed by atoms with van der Waals surface area (Å²) in [5.41, 5.74) is 0. The molecule has 1 aromatic rings. The van der Waals surface area contributed by atoms with Gasteiger partial charge in [0.25, 0.3) is 0 Å². The first-order valence-electron chi connectivity index (χ1n) is 7.90. The lowest BCUT2D eigenvalue weighted by Gasteiger charge is -2.38. The van der Waals surface area contributed by atoms with Crippen LogP contribution >= 0.6 is 11.6 Å². The van der Waals surface area contributed by atoms with Crippen LogP contribution in [-0.2, 0) is 4.79 Å². The largest absolute Gasteiger partial charge is 0.341 e. The summed E-state index contributed by atoms with van der Waals surface area (Å²) in [6.07, 6.45) is 5.52. The van der Waals surface area contributed by atoms with E-state index in [2.05, 4.69) is 19.8 Å². The van der Waals surface area contributed by atoms with Crippen LogP contribution in [0.5, 0.6) is 0 Å². The van der Waals surface area contributed by atoms with Crippen molar-refractivity contribution in [1.29, 1.82) is 0 Å². The Kier molecular flexibility index (Phi) is 4.78. The molecule has 1 amide bonds. The fourth-order valence-corrected chi connectivity index (χ4v) is 3.23. The van der Waals surface area contributed by atoms with Gasteiger partial charge in [0, 0.05) is 39.3 Å². The van der Waals surface area contributed by atoms with Crippen LogP contribution in [0.4, 0.5) is 5.95 Å². The Morgan fingerprint density at radius 2 is 1.68 bits per heavy atom. The van der Waals surface area contributed by atoms with Crippen LogP contribution < -0.4 is 4.90 Å². The number of hydrogen-bond donors (Lipinski definition) is 0. The predicted octanol–water partition coefficient (Wildman–Crippen LogP) is 1.26. The predicted molar refractivity (Wildman–Crippen MR) is 86.1 cm³/mol. The van der Waals surface area contributed by atoms with Crippen molar-refractivity contribution in [1.82, 2.24) is 19.8 Å². The van der Waals surface area contributed by atoms with Crippen LogP contribution in [0.15, 0.2) is 12.4 Å². The molecule has 2 saturated heterocycles. The monoisotopic (exact) mass is 323 g/mol. The number of anilines is 1. The average Bonchev–Trinajstić information content (AvgIpc) is 3.09. The number of aromatic nitrogens is 2. The minimum Gasteiger partial charge on any atom is -0.341 e. The van der Waals surface area contributed by atoms with Crippen molar-refractivity contribution in [3.63, 3.8) is 0 Å². The summed E-state index contributed by atoms with van der Waals surface area (Å²) in [5, 5.41) is 0.548. The van der Waals surface area contributed by atoms with Gasteiger partial charge in [-0.2, -0.15) is 0 Å². The second-order valence-corrected chi connectivity index (χ2v) is 6.37. The lowest BCUT2D eigenvalue weighted by molar-refractivity contribution is -0.135. The SMILES string of the molecule is C[C@H](C(=O)N1CCCC1)N1CCN(c2ncc(Cl)cn2)CC1. The topological polar surface area (TPSA) is 52.6 Å². The molecule has 3 rings (SSSR count). The third-order valence-electron chi connectivity index (χ3n) is 4.53. The molecule has 0 radical (unpaired) electrons. The van der Waals surface area contributed by atoms with Gasteiger partial charge in [-0.3, -0.25) is 9.69 Å². The average molecular weight is 324 g/mol. The molecule has 2 aliphatic rings. The van der Waals surface area contributed by atoms with Crippen molar-refractivity contribution < 1.29 is 4.79 Å². The second-order valence-electron chi connectivity index (χ2n) is 5.93. The molecule has 2 fully saturated rings. The van der Waals surface area contributed by atoms with Crippen molar-refractivity contribution >= 4 is 23.5 Å². The van der Waals surface area contributed by atoms with Crippen LogP contribution in [0.1, 0.15) is 19.8 Å².